The number of fused-ring (bicyclic) bond motifs is 9. The first-order valence-corrected chi connectivity index (χ1v) is 20.8. The Kier molecular flexibility index (Phi) is 13.5. The van der Waals surface area contributed by atoms with Gasteiger partial charge in [0.05, 0.1) is 34.8 Å². The normalized spacial score (nSPS) is 10.9. The van der Waals surface area contributed by atoms with Crippen molar-refractivity contribution in [2.45, 2.75) is 48.5 Å². The molecule has 2 aromatic heterocycles. The summed E-state index contributed by atoms with van der Waals surface area (Å²) in [5, 5.41) is 7.14. The molecule has 7 aromatic carbocycles. The lowest BCUT2D eigenvalue weighted by atomic mass is 9.97. The highest BCUT2D eigenvalue weighted by atomic mass is 32.1. The zero-order chi connectivity index (χ0) is 41.2. The number of benzene rings is 7. The van der Waals surface area contributed by atoms with Gasteiger partial charge in [-0.15, -0.1) is 17.9 Å². The maximum atomic E-state index is 5.24. The number of allylic oxidation sites excluding steroid dienone is 1. The first kappa shape index (κ1) is 41.1. The minimum absolute atomic E-state index is 0.803. The second-order valence-electron chi connectivity index (χ2n) is 13.4. The lowest BCUT2D eigenvalue weighted by Gasteiger charge is -2.11. The van der Waals surface area contributed by atoms with Gasteiger partial charge in [0.25, 0.3) is 0 Å². The van der Waals surface area contributed by atoms with Crippen molar-refractivity contribution in [1.82, 2.24) is 9.97 Å². The smallest absolute Gasteiger partial charge is 0.0979 e. The Morgan fingerprint density at radius 2 is 1.07 bits per heavy atom. The first-order chi connectivity index (χ1) is 28.4. The summed E-state index contributed by atoms with van der Waals surface area (Å²) in [7, 11) is 0. The fraction of sp³-hybridized carbons (Fsp3) is 0.132. The number of hydrogen-bond acceptors (Lipinski definition) is 5. The summed E-state index contributed by atoms with van der Waals surface area (Å²) in [5.74, 6) is 0. The van der Waals surface area contributed by atoms with E-state index in [1.165, 1.54) is 36.5 Å². The molecule has 0 aliphatic carbocycles. The van der Waals surface area contributed by atoms with Crippen LogP contribution in [0.4, 0.5) is 0 Å². The predicted octanol–water partition coefficient (Wildman–Crippen LogP) is 16.0. The van der Waals surface area contributed by atoms with Gasteiger partial charge in [0.2, 0.25) is 0 Å². The summed E-state index contributed by atoms with van der Waals surface area (Å²) >= 11 is 1.83. The zero-order valence-corrected chi connectivity index (χ0v) is 35.4. The van der Waals surface area contributed by atoms with Crippen LogP contribution in [-0.2, 0) is 0 Å². The largest absolute Gasteiger partial charge is 0.270 e. The monoisotopic (exact) mass is 774 g/mol. The molecule has 9 aromatic rings. The van der Waals surface area contributed by atoms with Crippen molar-refractivity contribution in [3.8, 4) is 33.5 Å². The van der Waals surface area contributed by atoms with Crippen LogP contribution in [-0.4, -0.2) is 22.4 Å². The lowest BCUT2D eigenvalue weighted by Crippen LogP contribution is -1.92. The Bertz CT molecular complexity index is 2930. The third kappa shape index (κ3) is 8.41. The third-order valence-corrected chi connectivity index (χ3v) is 10.6. The second kappa shape index (κ2) is 19.1. The average molecular weight is 775 g/mol. The van der Waals surface area contributed by atoms with E-state index in [1.54, 1.807) is 12.3 Å². The Hall–Kier alpha value is -6.56. The highest BCUT2D eigenvalue weighted by molar-refractivity contribution is 7.25. The highest BCUT2D eigenvalue weighted by Crippen LogP contribution is 2.40. The van der Waals surface area contributed by atoms with Gasteiger partial charge < -0.3 is 0 Å². The van der Waals surface area contributed by atoms with Crippen molar-refractivity contribution in [1.29, 1.82) is 0 Å². The van der Waals surface area contributed by atoms with Gasteiger partial charge in [-0.2, -0.15) is 0 Å². The van der Waals surface area contributed by atoms with E-state index in [9.17, 15) is 0 Å². The van der Waals surface area contributed by atoms with E-state index in [0.29, 0.717) is 0 Å². The van der Waals surface area contributed by atoms with E-state index in [-0.39, 0.29) is 0 Å². The van der Waals surface area contributed by atoms with Crippen LogP contribution in [0.1, 0.15) is 54.0 Å². The number of aromatic nitrogens is 2. The fourth-order valence-electron chi connectivity index (χ4n) is 7.11. The van der Waals surface area contributed by atoms with E-state index >= 15 is 0 Å². The maximum absolute atomic E-state index is 5.24. The van der Waals surface area contributed by atoms with Gasteiger partial charge >= 0.3 is 0 Å². The molecular weight excluding hydrogens is 725 g/mol. The van der Waals surface area contributed by atoms with Gasteiger partial charge in [0, 0.05) is 47.8 Å². The molecule has 2 heterocycles. The summed E-state index contributed by atoms with van der Waals surface area (Å²) < 4.78 is 2.54. The van der Waals surface area contributed by atoms with Gasteiger partial charge in [0.1, 0.15) is 0 Å². The van der Waals surface area contributed by atoms with E-state index in [2.05, 4.69) is 152 Å². The summed E-state index contributed by atoms with van der Waals surface area (Å²) in [5.41, 5.74) is 11.1. The molecule has 0 saturated heterocycles. The van der Waals surface area contributed by atoms with Crippen molar-refractivity contribution in [3.05, 3.63) is 164 Å². The Morgan fingerprint density at radius 1 is 0.569 bits per heavy atom. The molecule has 0 atom stereocenters. The predicted molar refractivity (Wildman–Crippen MR) is 259 cm³/mol. The second-order valence-corrected chi connectivity index (χ2v) is 14.5. The summed E-state index contributed by atoms with van der Waals surface area (Å²) in [6, 6.07) is 47.7. The SMILES string of the molecule is C=CC.C=N/C=C(\N=C(C)C)c1cccc(-c2ccc3sc4ccc(-c5cccc(-c6cnc7c8ccccc8c8ccccc8c7n6)c5)cc4c3c2)c1.CC.CC. The number of nitrogens with zero attached hydrogens (tertiary/aromatic N) is 4. The lowest BCUT2D eigenvalue weighted by molar-refractivity contribution is 1.31. The van der Waals surface area contributed by atoms with Crippen LogP contribution in [0.2, 0.25) is 0 Å². The van der Waals surface area contributed by atoms with Crippen LogP contribution in [0.25, 0.3) is 92.0 Å². The molecule has 288 valence electrons. The van der Waals surface area contributed by atoms with Crippen LogP contribution >= 0.6 is 11.3 Å². The Morgan fingerprint density at radius 3 is 1.64 bits per heavy atom. The third-order valence-electron chi connectivity index (χ3n) is 9.44. The van der Waals surface area contributed by atoms with Gasteiger partial charge in [-0.3, -0.25) is 15.0 Å². The van der Waals surface area contributed by atoms with Crippen LogP contribution in [0.5, 0.6) is 0 Å². The minimum atomic E-state index is 0.803. The zero-order valence-electron chi connectivity index (χ0n) is 34.5. The van der Waals surface area contributed by atoms with Crippen LogP contribution in [0.3, 0.4) is 0 Å². The average Bonchev–Trinajstić information content (AvgIpc) is 3.65. The molecule has 0 spiro atoms. The van der Waals surface area contributed by atoms with Crippen LogP contribution in [0.15, 0.2) is 168 Å². The number of rotatable bonds is 6. The summed E-state index contributed by atoms with van der Waals surface area (Å²) in [4.78, 5) is 18.9. The molecule has 0 saturated carbocycles. The van der Waals surface area contributed by atoms with Gasteiger partial charge in [0.15, 0.2) is 0 Å². The summed E-state index contributed by atoms with van der Waals surface area (Å²) in [6.45, 7) is 20.9. The Balaban J connectivity index is 0.000000765. The molecule has 9 rings (SSSR count). The molecule has 0 unspecified atom stereocenters. The van der Waals surface area contributed by atoms with E-state index < -0.39 is 0 Å². The number of hydrogen-bond donors (Lipinski definition) is 0. The topological polar surface area (TPSA) is 50.5 Å². The number of thiophene rings is 1. The molecule has 0 radical (unpaired) electrons. The molecule has 0 aliphatic rings. The van der Waals surface area contributed by atoms with Crippen LogP contribution < -0.4 is 0 Å². The van der Waals surface area contributed by atoms with Crippen molar-refractivity contribution in [3.63, 3.8) is 0 Å². The van der Waals surface area contributed by atoms with Crippen LogP contribution in [0, 0.1) is 0 Å². The molecule has 0 N–H and O–H groups in total. The van der Waals surface area contributed by atoms with Crippen molar-refractivity contribution >= 4 is 82.2 Å². The van der Waals surface area contributed by atoms with Crippen molar-refractivity contribution in [2.24, 2.45) is 9.98 Å². The maximum Gasteiger partial charge on any atom is 0.0979 e. The molecule has 5 heteroatoms. The standard InChI is InChI=1S/C46H32N4S.C3H6.2C2H6/c1-28(2)49-41(26-47-3)33-12-8-10-29(22-33)31-18-20-43-39(24-31)40-25-32(19-21-44(40)51-43)30-11-9-13-34(23-30)42-27-48-45-37-16-6-4-14-35(37)36-15-5-7-17-38(36)46(45)50-42;1-3-2;2*1-2/h4-27H,3H2,1-2H3;3H,1H2,2H3;2*1-2H3/b41-26-;;;. The van der Waals surface area contributed by atoms with E-state index in [4.69, 9.17) is 15.0 Å². The summed E-state index contributed by atoms with van der Waals surface area (Å²) in [6.07, 6.45) is 5.38. The molecule has 4 nitrogen and oxygen atoms in total. The van der Waals surface area contributed by atoms with Gasteiger partial charge in [-0.05, 0) is 96.9 Å². The molecular formula is C53H50N4S. The van der Waals surface area contributed by atoms with Crippen molar-refractivity contribution < 1.29 is 0 Å². The highest BCUT2D eigenvalue weighted by Gasteiger charge is 2.14. The minimum Gasteiger partial charge on any atom is -0.270 e. The first-order valence-electron chi connectivity index (χ1n) is 19.9. The molecule has 58 heavy (non-hydrogen) atoms. The molecule has 0 fully saturated rings. The number of aliphatic imine (C=N–C) groups is 2. The Labute approximate surface area is 346 Å². The fourth-order valence-corrected chi connectivity index (χ4v) is 8.18. The van der Waals surface area contributed by atoms with Gasteiger partial charge in [-0.25, -0.2) is 4.98 Å². The molecule has 0 aliphatic heterocycles. The molecule has 0 amide bonds. The van der Waals surface area contributed by atoms with Crippen molar-refractivity contribution in [2.75, 3.05) is 0 Å². The van der Waals surface area contributed by atoms with E-state index in [1.807, 2.05) is 66.0 Å². The van der Waals surface area contributed by atoms with E-state index in [0.717, 1.165) is 66.7 Å². The quantitative estimate of drug-likeness (QED) is 0.0960. The molecule has 0 bridgehead atoms. The van der Waals surface area contributed by atoms with Gasteiger partial charge in [-0.1, -0.05) is 131 Å².